The van der Waals surface area contributed by atoms with Crippen molar-refractivity contribution in [3.63, 3.8) is 0 Å². The summed E-state index contributed by atoms with van der Waals surface area (Å²) in [5.74, 6) is -0.881. The van der Waals surface area contributed by atoms with E-state index in [1.807, 2.05) is 6.92 Å². The van der Waals surface area contributed by atoms with Crippen molar-refractivity contribution < 1.29 is 23.1 Å². The molecule has 1 aromatic carbocycles. The largest absolute Gasteiger partial charge is 0.478 e. The third kappa shape index (κ3) is 3.68. The van der Waals surface area contributed by atoms with E-state index in [9.17, 15) is 18.0 Å². The van der Waals surface area contributed by atoms with Crippen molar-refractivity contribution in [2.75, 3.05) is 5.32 Å². The Kier molecular flexibility index (Phi) is 4.83. The molecule has 2 rings (SSSR count). The number of carboxylic acids is 1. The monoisotopic (exact) mass is 353 g/mol. The molecule has 0 radical (unpaired) electrons. The first kappa shape index (κ1) is 17.4. The number of hydrogen-bond donors (Lipinski definition) is 3. The molecule has 128 valence electrons. The fourth-order valence-corrected chi connectivity index (χ4v) is 3.07. The number of hydrogen-bond acceptors (Lipinski definition) is 6. The Morgan fingerprint density at radius 2 is 1.96 bits per heavy atom. The molecule has 11 heteroatoms. The van der Waals surface area contributed by atoms with Gasteiger partial charge in [-0.15, -0.1) is 5.10 Å². The Hall–Kier alpha value is -2.95. The van der Waals surface area contributed by atoms with Crippen LogP contribution in [0.2, 0.25) is 0 Å². The molecule has 0 spiro atoms. The van der Waals surface area contributed by atoms with Gasteiger partial charge in [-0.3, -0.25) is 10.00 Å². The molecule has 0 aliphatic rings. The Labute approximate surface area is 137 Å². The van der Waals surface area contributed by atoms with Crippen LogP contribution in [0.1, 0.15) is 23.1 Å². The molecule has 0 atom stereocenters. The predicted molar refractivity (Wildman–Crippen MR) is 83.1 cm³/mol. The number of anilines is 1. The summed E-state index contributed by atoms with van der Waals surface area (Å²) in [5, 5.41) is 15.2. The molecule has 3 N–H and O–H groups in total. The standard InChI is InChI=1S/C13H15N5O5S/c1-3-10-14-12(16-18(10)2)15-13(21)17-24(22,23)9-7-5-4-6-8(9)11(19)20/h4-7H,3H2,1-2H3,(H,19,20)(H2,15,16,17,21). The number of nitrogens with one attached hydrogen (secondary N) is 2. The second kappa shape index (κ2) is 6.66. The molecule has 2 amide bonds. The van der Waals surface area contributed by atoms with Crippen molar-refractivity contribution in [2.24, 2.45) is 7.05 Å². The molecule has 0 saturated heterocycles. The minimum Gasteiger partial charge on any atom is -0.478 e. The second-order valence-corrected chi connectivity index (χ2v) is 6.34. The summed E-state index contributed by atoms with van der Waals surface area (Å²) >= 11 is 0. The maximum Gasteiger partial charge on any atom is 0.337 e. The van der Waals surface area contributed by atoms with Crippen LogP contribution in [0, 0.1) is 0 Å². The molecule has 2 aromatic rings. The van der Waals surface area contributed by atoms with E-state index in [2.05, 4.69) is 15.4 Å². The number of amides is 2. The average Bonchev–Trinajstić information content (AvgIpc) is 2.86. The highest BCUT2D eigenvalue weighted by atomic mass is 32.2. The van der Waals surface area contributed by atoms with Gasteiger partial charge in [-0.1, -0.05) is 19.1 Å². The minimum atomic E-state index is -4.37. The molecule has 0 aliphatic carbocycles. The lowest BCUT2D eigenvalue weighted by atomic mass is 10.2. The number of sulfonamides is 1. The first-order valence-electron chi connectivity index (χ1n) is 6.80. The maximum atomic E-state index is 12.2. The summed E-state index contributed by atoms with van der Waals surface area (Å²) in [4.78, 5) is 26.4. The Morgan fingerprint density at radius 1 is 1.29 bits per heavy atom. The molecule has 0 bridgehead atoms. The zero-order valence-electron chi connectivity index (χ0n) is 12.8. The molecule has 1 heterocycles. The van der Waals surface area contributed by atoms with Crippen molar-refractivity contribution >= 4 is 28.0 Å². The Bertz CT molecular complexity index is 890. The number of aromatic nitrogens is 3. The van der Waals surface area contributed by atoms with Gasteiger partial charge in [0, 0.05) is 13.5 Å². The van der Waals surface area contributed by atoms with E-state index in [-0.39, 0.29) is 5.95 Å². The van der Waals surface area contributed by atoms with Crippen molar-refractivity contribution in [3.8, 4) is 0 Å². The van der Waals surface area contributed by atoms with Crippen LogP contribution in [0.4, 0.5) is 10.7 Å². The van der Waals surface area contributed by atoms with Gasteiger partial charge in [0.1, 0.15) is 10.7 Å². The van der Waals surface area contributed by atoms with Gasteiger partial charge in [-0.2, -0.15) is 4.98 Å². The highest BCUT2D eigenvalue weighted by Crippen LogP contribution is 2.15. The minimum absolute atomic E-state index is 0.0615. The number of carboxylic acid groups (broad SMARTS) is 1. The summed E-state index contributed by atoms with van der Waals surface area (Å²) < 4.78 is 27.6. The van der Waals surface area contributed by atoms with Gasteiger partial charge < -0.3 is 5.11 Å². The van der Waals surface area contributed by atoms with Crippen LogP contribution in [-0.4, -0.2) is 40.3 Å². The highest BCUT2D eigenvalue weighted by molar-refractivity contribution is 7.90. The zero-order valence-corrected chi connectivity index (χ0v) is 13.7. The normalized spacial score (nSPS) is 11.1. The Balaban J connectivity index is 2.20. The van der Waals surface area contributed by atoms with Crippen LogP contribution in [0.25, 0.3) is 0 Å². The fourth-order valence-electron chi connectivity index (χ4n) is 1.96. The van der Waals surface area contributed by atoms with E-state index < -0.39 is 32.5 Å². The molecule has 0 fully saturated rings. The summed E-state index contributed by atoms with van der Waals surface area (Å²) in [6.45, 7) is 1.85. The lowest BCUT2D eigenvalue weighted by Gasteiger charge is -2.09. The van der Waals surface area contributed by atoms with Crippen LogP contribution in [-0.2, 0) is 23.5 Å². The van der Waals surface area contributed by atoms with Crippen LogP contribution in [0.3, 0.4) is 0 Å². The molecule has 10 nitrogen and oxygen atoms in total. The number of nitrogens with zero attached hydrogens (tertiary/aromatic N) is 3. The second-order valence-electron chi connectivity index (χ2n) is 4.69. The summed E-state index contributed by atoms with van der Waals surface area (Å²) in [6.07, 6.45) is 0.580. The number of aromatic carboxylic acids is 1. The zero-order chi connectivity index (χ0) is 17.9. The number of aryl methyl sites for hydroxylation is 2. The third-order valence-corrected chi connectivity index (χ3v) is 4.42. The van der Waals surface area contributed by atoms with E-state index in [0.717, 1.165) is 12.1 Å². The van der Waals surface area contributed by atoms with E-state index in [0.29, 0.717) is 12.2 Å². The molecule has 0 aliphatic heterocycles. The molecule has 1 aromatic heterocycles. The summed E-state index contributed by atoms with van der Waals surface area (Å²) in [6, 6.07) is 3.86. The van der Waals surface area contributed by atoms with E-state index in [1.165, 1.54) is 16.8 Å². The first-order valence-corrected chi connectivity index (χ1v) is 8.29. The Morgan fingerprint density at radius 3 is 2.54 bits per heavy atom. The van der Waals surface area contributed by atoms with Gasteiger partial charge in [0.25, 0.3) is 10.0 Å². The van der Waals surface area contributed by atoms with Crippen molar-refractivity contribution in [1.29, 1.82) is 0 Å². The average molecular weight is 353 g/mol. The highest BCUT2D eigenvalue weighted by Gasteiger charge is 2.24. The predicted octanol–water partition coefficient (Wildman–Crippen LogP) is 0.586. The number of carbonyl (C=O) groups is 2. The topological polar surface area (TPSA) is 143 Å². The van der Waals surface area contributed by atoms with Crippen molar-refractivity contribution in [3.05, 3.63) is 35.7 Å². The lowest BCUT2D eigenvalue weighted by molar-refractivity contribution is 0.0692. The van der Waals surface area contributed by atoms with Crippen LogP contribution < -0.4 is 10.0 Å². The lowest BCUT2D eigenvalue weighted by Crippen LogP contribution is -2.35. The number of urea groups is 1. The number of carbonyl (C=O) groups excluding carboxylic acids is 1. The molecule has 0 saturated carbocycles. The quantitative estimate of drug-likeness (QED) is 0.713. The molecular formula is C13H15N5O5S. The van der Waals surface area contributed by atoms with E-state index in [1.54, 1.807) is 11.8 Å². The van der Waals surface area contributed by atoms with E-state index in [4.69, 9.17) is 5.11 Å². The van der Waals surface area contributed by atoms with Gasteiger partial charge in [0.15, 0.2) is 0 Å². The van der Waals surface area contributed by atoms with Gasteiger partial charge in [0.05, 0.1) is 5.56 Å². The summed E-state index contributed by atoms with van der Waals surface area (Å²) in [5.41, 5.74) is -0.443. The maximum absolute atomic E-state index is 12.2. The van der Waals surface area contributed by atoms with Crippen LogP contribution >= 0.6 is 0 Å². The number of rotatable bonds is 5. The van der Waals surface area contributed by atoms with E-state index >= 15 is 0 Å². The third-order valence-electron chi connectivity index (χ3n) is 3.03. The first-order chi connectivity index (χ1) is 11.2. The van der Waals surface area contributed by atoms with Crippen molar-refractivity contribution in [2.45, 2.75) is 18.2 Å². The SMILES string of the molecule is CCc1nc(NC(=O)NS(=O)(=O)c2ccccc2C(=O)O)nn1C. The fraction of sp³-hybridized carbons (Fsp3) is 0.231. The van der Waals surface area contributed by atoms with Crippen LogP contribution in [0.15, 0.2) is 29.2 Å². The smallest absolute Gasteiger partial charge is 0.337 e. The summed E-state index contributed by atoms with van der Waals surface area (Å²) in [7, 11) is -2.74. The number of benzene rings is 1. The van der Waals surface area contributed by atoms with Crippen molar-refractivity contribution in [1.82, 2.24) is 19.5 Å². The van der Waals surface area contributed by atoms with Gasteiger partial charge in [-0.25, -0.2) is 22.7 Å². The van der Waals surface area contributed by atoms with Gasteiger partial charge in [-0.05, 0) is 12.1 Å². The van der Waals surface area contributed by atoms with Gasteiger partial charge >= 0.3 is 12.0 Å². The molecule has 24 heavy (non-hydrogen) atoms. The molecule has 0 unspecified atom stereocenters. The molecular weight excluding hydrogens is 338 g/mol. The van der Waals surface area contributed by atoms with Crippen LogP contribution in [0.5, 0.6) is 0 Å². The van der Waals surface area contributed by atoms with Gasteiger partial charge in [0.2, 0.25) is 5.95 Å².